The predicted molar refractivity (Wildman–Crippen MR) is 102 cm³/mol. The Balaban J connectivity index is 3.40. The van der Waals surface area contributed by atoms with Gasteiger partial charge in [-0.25, -0.2) is 8.78 Å². The quantitative estimate of drug-likeness (QED) is 0.514. The van der Waals surface area contributed by atoms with Gasteiger partial charge in [0.25, 0.3) is 5.92 Å². The van der Waals surface area contributed by atoms with E-state index in [1.807, 2.05) is 6.92 Å². The molecule has 0 bridgehead atoms. The average molecular weight is 435 g/mol. The van der Waals surface area contributed by atoms with Crippen molar-refractivity contribution >= 4 is 11.6 Å². The van der Waals surface area contributed by atoms with Crippen molar-refractivity contribution in [1.82, 2.24) is 4.90 Å². The molecular weight excluding hydrogens is 409 g/mol. The van der Waals surface area contributed by atoms with Crippen LogP contribution in [0.3, 0.4) is 0 Å². The highest BCUT2D eigenvalue weighted by atomic mass is 19.4. The number of alkyl halides is 5. The highest BCUT2D eigenvalue weighted by Gasteiger charge is 2.37. The van der Waals surface area contributed by atoms with Crippen LogP contribution in [-0.4, -0.2) is 56.1 Å². The summed E-state index contributed by atoms with van der Waals surface area (Å²) in [6, 6.07) is 2.99. The molecule has 1 amide bonds. The minimum atomic E-state index is -4.85. The first-order valence-electron chi connectivity index (χ1n) is 9.39. The topological polar surface area (TPSA) is 56.6 Å². The molecule has 168 valence electrons. The fourth-order valence-electron chi connectivity index (χ4n) is 2.99. The Bertz CT molecular complexity index is 756. The van der Waals surface area contributed by atoms with Gasteiger partial charge in [-0.15, -0.1) is 0 Å². The van der Waals surface area contributed by atoms with Crippen LogP contribution in [0.15, 0.2) is 18.2 Å². The summed E-state index contributed by atoms with van der Waals surface area (Å²) >= 11 is 0. The predicted octanol–water partition coefficient (Wildman–Crippen LogP) is 4.31. The van der Waals surface area contributed by atoms with Crippen molar-refractivity contribution in [2.75, 3.05) is 38.3 Å². The largest absolute Gasteiger partial charge is 0.417 e. The molecule has 0 aliphatic carbocycles. The molecule has 0 aromatic heterocycles. The SMILES string of the molecule is CCCN(CCOC)C(=O)C(C)N(CC(C)(F)F)c1ccc(C#N)c(C(F)(F)F)c1. The zero-order valence-corrected chi connectivity index (χ0v) is 17.4. The molecule has 5 nitrogen and oxygen atoms in total. The lowest BCUT2D eigenvalue weighted by molar-refractivity contribution is -0.137. The van der Waals surface area contributed by atoms with Gasteiger partial charge in [-0.3, -0.25) is 4.79 Å². The standard InChI is InChI=1S/C20H26F5N3O2/c1-5-8-27(9-10-30-4)18(29)14(2)28(13-19(3,21)22)16-7-6-15(12-26)17(11-16)20(23,24)25/h6-7,11,14H,5,8-10,13H2,1-4H3. The lowest BCUT2D eigenvalue weighted by Gasteiger charge is -2.36. The number of nitriles is 1. The maximum atomic E-state index is 13.9. The lowest BCUT2D eigenvalue weighted by Crippen LogP contribution is -2.51. The van der Waals surface area contributed by atoms with Crippen molar-refractivity contribution in [2.45, 2.75) is 45.3 Å². The summed E-state index contributed by atoms with van der Waals surface area (Å²) in [6.45, 7) is 3.68. The Labute approximate surface area is 173 Å². The van der Waals surface area contributed by atoms with E-state index in [2.05, 4.69) is 0 Å². The molecule has 1 aromatic carbocycles. The van der Waals surface area contributed by atoms with Gasteiger partial charge in [-0.1, -0.05) is 6.92 Å². The highest BCUT2D eigenvalue weighted by Crippen LogP contribution is 2.35. The van der Waals surface area contributed by atoms with E-state index in [4.69, 9.17) is 10.00 Å². The van der Waals surface area contributed by atoms with E-state index >= 15 is 0 Å². The molecule has 0 radical (unpaired) electrons. The summed E-state index contributed by atoms with van der Waals surface area (Å²) in [6.07, 6.45) is -4.23. The Morgan fingerprint density at radius 2 is 1.87 bits per heavy atom. The van der Waals surface area contributed by atoms with Crippen LogP contribution < -0.4 is 4.90 Å². The van der Waals surface area contributed by atoms with Crippen LogP contribution in [0, 0.1) is 11.3 Å². The normalized spacial score (nSPS) is 12.9. The second kappa shape index (κ2) is 10.6. The molecule has 0 saturated carbocycles. The Morgan fingerprint density at radius 3 is 2.33 bits per heavy atom. The first-order chi connectivity index (χ1) is 13.9. The van der Waals surface area contributed by atoms with Crippen LogP contribution in [-0.2, 0) is 15.7 Å². The van der Waals surface area contributed by atoms with Gasteiger partial charge in [0.2, 0.25) is 5.91 Å². The van der Waals surface area contributed by atoms with Gasteiger partial charge in [0.05, 0.1) is 30.3 Å². The number of anilines is 1. The van der Waals surface area contributed by atoms with E-state index in [1.165, 1.54) is 25.0 Å². The van der Waals surface area contributed by atoms with Crippen molar-refractivity contribution in [2.24, 2.45) is 0 Å². The third-order valence-electron chi connectivity index (χ3n) is 4.40. The molecule has 1 aromatic rings. The van der Waals surface area contributed by atoms with Crippen LogP contribution in [0.1, 0.15) is 38.3 Å². The van der Waals surface area contributed by atoms with E-state index in [0.717, 1.165) is 17.0 Å². The summed E-state index contributed by atoms with van der Waals surface area (Å²) in [5, 5.41) is 8.95. The van der Waals surface area contributed by atoms with E-state index in [9.17, 15) is 26.7 Å². The third-order valence-corrected chi connectivity index (χ3v) is 4.40. The second-order valence-corrected chi connectivity index (χ2v) is 7.03. The zero-order valence-electron chi connectivity index (χ0n) is 17.4. The first-order valence-corrected chi connectivity index (χ1v) is 9.39. The van der Waals surface area contributed by atoms with Crippen LogP contribution in [0.25, 0.3) is 0 Å². The molecule has 0 spiro atoms. The molecule has 0 N–H and O–H groups in total. The number of hydrogen-bond acceptors (Lipinski definition) is 4. The van der Waals surface area contributed by atoms with Gasteiger partial charge >= 0.3 is 6.18 Å². The summed E-state index contributed by atoms with van der Waals surface area (Å²) in [4.78, 5) is 15.3. The Hall–Kier alpha value is -2.41. The average Bonchev–Trinajstić information content (AvgIpc) is 2.66. The van der Waals surface area contributed by atoms with Crippen LogP contribution in [0.4, 0.5) is 27.6 Å². The number of benzene rings is 1. The Kier molecular flexibility index (Phi) is 9.03. The van der Waals surface area contributed by atoms with Gasteiger partial charge in [-0.2, -0.15) is 18.4 Å². The number of carbonyl (C=O) groups excluding carboxylic acids is 1. The maximum Gasteiger partial charge on any atom is 0.417 e. The number of halogens is 5. The van der Waals surface area contributed by atoms with Gasteiger partial charge in [0.15, 0.2) is 0 Å². The number of nitrogens with zero attached hydrogens (tertiary/aromatic N) is 3. The van der Waals surface area contributed by atoms with Crippen molar-refractivity contribution in [3.8, 4) is 6.07 Å². The number of rotatable bonds is 10. The Morgan fingerprint density at radius 1 is 1.23 bits per heavy atom. The molecule has 0 aliphatic heterocycles. The number of ether oxygens (including phenoxy) is 1. The second-order valence-electron chi connectivity index (χ2n) is 7.03. The smallest absolute Gasteiger partial charge is 0.383 e. The summed E-state index contributed by atoms with van der Waals surface area (Å²) in [7, 11) is 1.46. The molecule has 1 atom stereocenters. The highest BCUT2D eigenvalue weighted by molar-refractivity contribution is 5.85. The molecule has 0 heterocycles. The fraction of sp³-hybridized carbons (Fsp3) is 0.600. The minimum Gasteiger partial charge on any atom is -0.383 e. The fourth-order valence-corrected chi connectivity index (χ4v) is 2.99. The van der Waals surface area contributed by atoms with Crippen molar-refractivity contribution < 1.29 is 31.5 Å². The van der Waals surface area contributed by atoms with Crippen molar-refractivity contribution in [3.63, 3.8) is 0 Å². The maximum absolute atomic E-state index is 13.9. The lowest BCUT2D eigenvalue weighted by atomic mass is 10.0. The zero-order chi connectivity index (χ0) is 23.1. The van der Waals surface area contributed by atoms with Crippen LogP contribution in [0.5, 0.6) is 0 Å². The molecule has 30 heavy (non-hydrogen) atoms. The molecule has 0 aliphatic rings. The van der Waals surface area contributed by atoms with Crippen molar-refractivity contribution in [3.05, 3.63) is 29.3 Å². The number of hydrogen-bond donors (Lipinski definition) is 0. The first kappa shape index (κ1) is 25.6. The van der Waals surface area contributed by atoms with Crippen LogP contribution in [0.2, 0.25) is 0 Å². The molecule has 1 unspecified atom stereocenters. The molecule has 0 fully saturated rings. The molecule has 10 heteroatoms. The minimum absolute atomic E-state index is 0.216. The van der Waals surface area contributed by atoms with Gasteiger partial charge in [0, 0.05) is 32.8 Å². The number of methoxy groups -OCH3 is 1. The van der Waals surface area contributed by atoms with Crippen LogP contribution >= 0.6 is 0 Å². The molecule has 0 saturated heterocycles. The van der Waals surface area contributed by atoms with E-state index < -0.39 is 41.7 Å². The van der Waals surface area contributed by atoms with Crippen molar-refractivity contribution in [1.29, 1.82) is 5.26 Å². The molecule has 1 rings (SSSR count). The number of amides is 1. The van der Waals surface area contributed by atoms with E-state index in [0.29, 0.717) is 26.0 Å². The summed E-state index contributed by atoms with van der Waals surface area (Å²) in [5.74, 6) is -3.78. The van der Waals surface area contributed by atoms with Gasteiger partial charge < -0.3 is 14.5 Å². The van der Waals surface area contributed by atoms with E-state index in [-0.39, 0.29) is 18.8 Å². The third kappa shape index (κ3) is 7.13. The summed E-state index contributed by atoms with van der Waals surface area (Å²) in [5.41, 5.74) is -2.08. The monoisotopic (exact) mass is 435 g/mol. The van der Waals surface area contributed by atoms with Gasteiger partial charge in [0.1, 0.15) is 6.04 Å². The van der Waals surface area contributed by atoms with Gasteiger partial charge in [-0.05, 0) is 31.5 Å². The molecular formula is C20H26F5N3O2. The summed E-state index contributed by atoms with van der Waals surface area (Å²) < 4.78 is 72.7. The van der Waals surface area contributed by atoms with E-state index in [1.54, 1.807) is 0 Å². The number of carbonyl (C=O) groups is 1.